The van der Waals surface area contributed by atoms with E-state index in [0.29, 0.717) is 203 Å². The maximum atomic E-state index is 13.3. The number of aliphatic hydroxyl groups is 1. The Hall–Kier alpha value is -8.58. The summed E-state index contributed by atoms with van der Waals surface area (Å²) in [4.78, 5) is 99.0. The van der Waals surface area contributed by atoms with E-state index in [-0.39, 0.29) is 91.7 Å². The molecule has 2 aliphatic heterocycles. The highest BCUT2D eigenvalue weighted by molar-refractivity contribution is 6.37. The second-order valence-corrected chi connectivity index (χ2v) is 30.6. The lowest BCUT2D eigenvalue weighted by atomic mass is 9.83. The smallest absolute Gasteiger partial charge is 0.407 e. The molecule has 0 bridgehead atoms. The van der Waals surface area contributed by atoms with Crippen molar-refractivity contribution in [2.45, 2.75) is 187 Å². The van der Waals surface area contributed by atoms with E-state index in [9.17, 15) is 33.9 Å². The molecule has 8 atom stereocenters. The summed E-state index contributed by atoms with van der Waals surface area (Å²) in [6.07, 6.45) is 26.5. The standard InChI is InChI=1S/C86H128N12O21/c1-60(14-9-7-10-15-62(3)76(106-6)53-70-16-13-17-75(117-70)79(102)84(104)97-30-11-8-12-31-97)50-63(4)72(100)54-73(101)64(5)51-61(2)18-23-68(116-59-99)24-19-65-20-25-69(26-21-65)118-86(105)90-29-33-108-35-37-110-39-41-112-43-45-114-47-49-115-48-46-113-44-42-111-40-38-109-36-34-107-32-28-89-83(103)81-91-55-66(56-92-81)57-98-82-77(80(87)93-58-94-82)78(96-98)67-22-27-74-71(52-67)95-85(88)119-74/h7,9-10,14-15,22,27,51-52,55-56,58-61,63,65,68-70,73,75-76,101H,8,11-13,16-21,23-26,28-50,53-54,57H2,1-6H3,(H2,88,95)(H,89,103)(H,90,105)(H2,87,93,94)/b10-7+,14-9+,62-15+,64-51+/t60-,61+,63-,65-,68+,69-,70?,73+,75?,76+/m1/s1. The Morgan fingerprint density at radius 3 is 1.91 bits per heavy atom. The summed E-state index contributed by atoms with van der Waals surface area (Å²) in [5.41, 5.74) is 17.4. The van der Waals surface area contributed by atoms with Crippen LogP contribution in [0.25, 0.3) is 33.4 Å². The summed E-state index contributed by atoms with van der Waals surface area (Å²) in [6, 6.07) is 5.45. The topological polar surface area (TPSA) is 417 Å². The Morgan fingerprint density at radius 2 is 1.29 bits per heavy atom. The molecule has 3 aliphatic rings. The molecule has 5 aromatic rings. The summed E-state index contributed by atoms with van der Waals surface area (Å²) in [7, 11) is 1.67. The van der Waals surface area contributed by atoms with Crippen LogP contribution >= 0.6 is 0 Å². The number of ether oxygens (including phenoxy) is 13. The third-order valence-electron chi connectivity index (χ3n) is 21.2. The number of fused-ring (bicyclic) bond motifs is 2. The van der Waals surface area contributed by atoms with Gasteiger partial charge in [0.1, 0.15) is 47.5 Å². The molecule has 1 saturated carbocycles. The number of carbonyl (C=O) groups excluding carboxylic acids is 6. The first kappa shape index (κ1) is 95.9. The van der Waals surface area contributed by atoms with Gasteiger partial charge in [0.25, 0.3) is 24.3 Å². The molecule has 658 valence electrons. The highest BCUT2D eigenvalue weighted by Gasteiger charge is 2.36. The van der Waals surface area contributed by atoms with Crippen molar-refractivity contribution in [3.63, 3.8) is 0 Å². The Balaban J connectivity index is 0.528. The Morgan fingerprint density at radius 1 is 0.681 bits per heavy atom. The average Bonchev–Trinajstić information content (AvgIpc) is 1.61. The second-order valence-electron chi connectivity index (χ2n) is 30.6. The number of benzene rings is 1. The molecule has 3 amide bonds. The van der Waals surface area contributed by atoms with E-state index >= 15 is 0 Å². The van der Waals surface area contributed by atoms with Gasteiger partial charge >= 0.3 is 6.09 Å². The van der Waals surface area contributed by atoms with Gasteiger partial charge in [-0.2, -0.15) is 10.1 Å². The molecule has 6 heterocycles. The van der Waals surface area contributed by atoms with Crippen LogP contribution in [0, 0.1) is 23.7 Å². The van der Waals surface area contributed by atoms with Crippen LogP contribution in [0.2, 0.25) is 0 Å². The fourth-order valence-electron chi connectivity index (χ4n) is 14.5. The lowest BCUT2D eigenvalue weighted by molar-refractivity contribution is -0.157. The van der Waals surface area contributed by atoms with E-state index < -0.39 is 35.9 Å². The van der Waals surface area contributed by atoms with E-state index in [0.717, 1.165) is 93.8 Å². The van der Waals surface area contributed by atoms with Crippen LogP contribution in [0.1, 0.15) is 160 Å². The maximum absolute atomic E-state index is 13.3. The van der Waals surface area contributed by atoms with Crippen molar-refractivity contribution in [2.75, 3.05) is 164 Å². The summed E-state index contributed by atoms with van der Waals surface area (Å²) < 4.78 is 80.5. The fourth-order valence-corrected chi connectivity index (χ4v) is 14.5. The van der Waals surface area contributed by atoms with Crippen molar-refractivity contribution in [2.24, 2.45) is 23.7 Å². The number of hydrogen-bond donors (Lipinski definition) is 5. The number of likely N-dealkylation sites (tertiary alicyclic amines) is 1. The van der Waals surface area contributed by atoms with E-state index in [1.165, 1.54) is 6.33 Å². The van der Waals surface area contributed by atoms with Gasteiger partial charge in [-0.25, -0.2) is 29.4 Å². The molecule has 0 spiro atoms. The number of nitrogens with zero attached hydrogens (tertiary/aromatic N) is 8. The number of hydrogen-bond acceptors (Lipinski definition) is 29. The summed E-state index contributed by atoms with van der Waals surface area (Å²) in [6.45, 7) is 19.7. The molecule has 7 N–H and O–H groups in total. The number of carbonyl (C=O) groups is 6. The zero-order valence-corrected chi connectivity index (χ0v) is 70.4. The van der Waals surface area contributed by atoms with E-state index in [4.69, 9.17) is 82.6 Å². The lowest BCUT2D eigenvalue weighted by Gasteiger charge is -2.33. The van der Waals surface area contributed by atoms with Crippen molar-refractivity contribution >= 4 is 69.9 Å². The van der Waals surface area contributed by atoms with Gasteiger partial charge in [0.05, 0.1) is 149 Å². The number of ketones is 2. The molecular weight excluding hydrogens is 1540 g/mol. The van der Waals surface area contributed by atoms with Gasteiger partial charge in [-0.3, -0.25) is 24.0 Å². The number of anilines is 2. The highest BCUT2D eigenvalue weighted by atomic mass is 16.6. The zero-order chi connectivity index (χ0) is 84.8. The Labute approximate surface area is 698 Å². The van der Waals surface area contributed by atoms with Gasteiger partial charge in [-0.1, -0.05) is 57.2 Å². The molecule has 0 radical (unpaired) electrons. The first-order chi connectivity index (χ1) is 57.8. The number of nitrogens with two attached hydrogens (primary N) is 2. The number of nitrogen functional groups attached to an aromatic ring is 2. The number of aliphatic hydroxyl groups excluding tert-OH is 1. The molecule has 1 aliphatic carbocycles. The summed E-state index contributed by atoms with van der Waals surface area (Å²) >= 11 is 0. The van der Waals surface area contributed by atoms with E-state index in [1.807, 2.05) is 57.2 Å². The Kier molecular flexibility index (Phi) is 44.0. The first-order valence-corrected chi connectivity index (χ1v) is 42.2. The summed E-state index contributed by atoms with van der Waals surface area (Å²) in [5, 5.41) is 22.0. The summed E-state index contributed by atoms with van der Waals surface area (Å²) in [5.74, 6) is -0.545. The number of aromatic nitrogens is 7. The number of oxazole rings is 1. The molecule has 2 unspecified atom stereocenters. The third kappa shape index (κ3) is 35.2. The van der Waals surface area contributed by atoms with Gasteiger partial charge < -0.3 is 98.1 Å². The van der Waals surface area contributed by atoms with Crippen LogP contribution in [0.3, 0.4) is 0 Å². The normalized spacial score (nSPS) is 18.5. The molecule has 33 heteroatoms. The van der Waals surface area contributed by atoms with Gasteiger partial charge in [-0.05, 0) is 157 Å². The molecule has 119 heavy (non-hydrogen) atoms. The second kappa shape index (κ2) is 54.6. The number of amides is 3. The number of piperidine rings is 1. The number of allylic oxidation sites excluding steroid dienone is 6. The SMILES string of the molecule is CO[C@@H](CC1CCCC(C(=O)C(=O)N2CCCCC2)O1)/C(C)=C/C=C/C=C/[C@@H](C)C[C@@H](C)C(=O)C[C@H](O)/C(C)=C/[C@@H](C)CC[C@@H](CC[C@H]1CC[C@H](OC(=O)NCCOCCOCCOCCOCCOCCOCCOCCOCCOCCNC(=O)c2ncc(Cn3nc(-c4ccc5oc(N)nc5c4)c4c(N)ncnc43)cn2)CC1)OC=O. The molecule has 33 nitrogen and oxygen atoms in total. The molecule has 4 aromatic heterocycles. The minimum Gasteiger partial charge on any atom is -0.465 e. The predicted octanol–water partition coefficient (Wildman–Crippen LogP) is 9.45. The first-order valence-electron chi connectivity index (χ1n) is 42.2. The highest BCUT2D eigenvalue weighted by Crippen LogP contribution is 2.35. The van der Waals surface area contributed by atoms with Crippen molar-refractivity contribution in [3.05, 3.63) is 95.9 Å². The minimum atomic E-state index is -0.882. The number of alkyl carbamates (subject to hydrolysis) is 1. The van der Waals surface area contributed by atoms with Crippen molar-refractivity contribution < 1.29 is 99.9 Å². The molecule has 8 rings (SSSR count). The lowest BCUT2D eigenvalue weighted by Crippen LogP contribution is -2.46. The molecule has 3 fully saturated rings. The van der Waals surface area contributed by atoms with E-state index in [2.05, 4.69) is 55.5 Å². The molecular formula is C86H128N12O21. The van der Waals surface area contributed by atoms with Crippen molar-refractivity contribution in [3.8, 4) is 11.3 Å². The van der Waals surface area contributed by atoms with Crippen LogP contribution in [-0.4, -0.2) is 269 Å². The maximum Gasteiger partial charge on any atom is 0.407 e. The largest absolute Gasteiger partial charge is 0.465 e. The Bertz CT molecular complexity index is 3950. The van der Waals surface area contributed by atoms with Crippen LogP contribution in [0.5, 0.6) is 0 Å². The fraction of sp³-hybridized carbons (Fsp3) is 0.651. The van der Waals surface area contributed by atoms with Crippen LogP contribution in [0.15, 0.2) is 88.9 Å². The van der Waals surface area contributed by atoms with Crippen molar-refractivity contribution in [1.29, 1.82) is 0 Å². The number of Topliss-reactive ketones (excluding diaryl/α,β-unsaturated/α-hetero) is 2. The quantitative estimate of drug-likeness (QED) is 0.00795. The van der Waals surface area contributed by atoms with Crippen LogP contribution in [0.4, 0.5) is 16.6 Å². The monoisotopic (exact) mass is 1660 g/mol. The number of nitrogens with one attached hydrogen (secondary N) is 2. The van der Waals surface area contributed by atoms with Gasteiger partial charge in [-0.15, -0.1) is 0 Å². The molecule has 1 aromatic carbocycles. The zero-order valence-electron chi connectivity index (χ0n) is 70.4. The van der Waals surface area contributed by atoms with Crippen molar-refractivity contribution in [1.82, 2.24) is 50.2 Å². The number of methoxy groups -OCH3 is 1. The average molecular weight is 1670 g/mol. The van der Waals surface area contributed by atoms with Gasteiger partial charge in [0.2, 0.25) is 11.6 Å². The molecule has 2 saturated heterocycles. The minimum absolute atomic E-state index is 0.0116. The predicted molar refractivity (Wildman–Crippen MR) is 445 cm³/mol. The van der Waals surface area contributed by atoms with Gasteiger partial charge in [0.15, 0.2) is 11.2 Å². The van der Waals surface area contributed by atoms with Crippen LogP contribution in [-0.2, 0) is 87.3 Å². The van der Waals surface area contributed by atoms with E-state index in [1.54, 1.807) is 41.2 Å². The van der Waals surface area contributed by atoms with Crippen LogP contribution < -0.4 is 22.1 Å². The third-order valence-corrected chi connectivity index (χ3v) is 21.2. The number of rotatable bonds is 59. The van der Waals surface area contributed by atoms with Gasteiger partial charge in [0, 0.05) is 75.6 Å².